The Morgan fingerprint density at radius 3 is 2.78 bits per heavy atom. The molecule has 1 aliphatic rings. The quantitative estimate of drug-likeness (QED) is 0.729. The van der Waals surface area contributed by atoms with Gasteiger partial charge in [0.2, 0.25) is 5.91 Å². The Morgan fingerprint density at radius 1 is 1.28 bits per heavy atom. The van der Waals surface area contributed by atoms with E-state index in [2.05, 4.69) is 24.3 Å². The van der Waals surface area contributed by atoms with Crippen LogP contribution in [0.15, 0.2) is 42.5 Å². The first-order valence-corrected chi connectivity index (χ1v) is 6.78. The van der Waals surface area contributed by atoms with Crippen molar-refractivity contribution in [1.29, 1.82) is 0 Å². The van der Waals surface area contributed by atoms with Crippen LogP contribution in [0.5, 0.6) is 0 Å². The lowest BCUT2D eigenvalue weighted by Gasteiger charge is -2.23. The molecule has 0 saturated carbocycles. The van der Waals surface area contributed by atoms with Crippen LogP contribution < -0.4 is 0 Å². The monoisotopic (exact) mass is 243 g/mol. The molecule has 1 aliphatic heterocycles. The summed E-state index contributed by atoms with van der Waals surface area (Å²) >= 11 is 0. The van der Waals surface area contributed by atoms with Gasteiger partial charge in [0.15, 0.2) is 0 Å². The number of hydrogen-bond donors (Lipinski definition) is 0. The van der Waals surface area contributed by atoms with Gasteiger partial charge in [-0.2, -0.15) is 0 Å². The molecule has 1 aromatic rings. The Bertz CT molecular complexity index is 410. The fraction of sp³-hybridized carbons (Fsp3) is 0.438. The van der Waals surface area contributed by atoms with Crippen LogP contribution in [-0.2, 0) is 4.79 Å². The number of likely N-dealkylation sites (tertiary alicyclic amines) is 1. The second-order valence-electron chi connectivity index (χ2n) is 4.89. The highest BCUT2D eigenvalue weighted by molar-refractivity contribution is 5.87. The first kappa shape index (κ1) is 12.9. The minimum atomic E-state index is 0.153. The molecule has 96 valence electrons. The van der Waals surface area contributed by atoms with Gasteiger partial charge in [-0.05, 0) is 31.4 Å². The highest BCUT2D eigenvalue weighted by Crippen LogP contribution is 2.26. The van der Waals surface area contributed by atoms with Crippen LogP contribution in [0.1, 0.15) is 37.7 Å². The fourth-order valence-corrected chi connectivity index (χ4v) is 2.59. The van der Waals surface area contributed by atoms with Crippen molar-refractivity contribution in [2.45, 2.75) is 32.1 Å². The third-order valence-corrected chi connectivity index (χ3v) is 3.56. The maximum absolute atomic E-state index is 12.0. The van der Waals surface area contributed by atoms with Gasteiger partial charge in [-0.3, -0.25) is 4.79 Å². The van der Waals surface area contributed by atoms with Gasteiger partial charge in [-0.15, -0.1) is 0 Å². The van der Waals surface area contributed by atoms with Crippen molar-refractivity contribution in [3.63, 3.8) is 0 Å². The molecule has 1 fully saturated rings. The molecule has 18 heavy (non-hydrogen) atoms. The Labute approximate surface area is 109 Å². The Balaban J connectivity index is 2.10. The van der Waals surface area contributed by atoms with Crippen molar-refractivity contribution in [3.8, 4) is 0 Å². The zero-order chi connectivity index (χ0) is 12.8. The van der Waals surface area contributed by atoms with E-state index in [1.807, 2.05) is 24.0 Å². The highest BCUT2D eigenvalue weighted by Gasteiger charge is 2.21. The van der Waals surface area contributed by atoms with Gasteiger partial charge in [-0.25, -0.2) is 0 Å². The SMILES string of the molecule is CC=CC(=O)N1CCCCC(c2ccccc2)C1. The summed E-state index contributed by atoms with van der Waals surface area (Å²) in [5.74, 6) is 0.642. The summed E-state index contributed by atoms with van der Waals surface area (Å²) in [5, 5.41) is 0. The maximum atomic E-state index is 12.0. The van der Waals surface area contributed by atoms with Crippen molar-refractivity contribution in [2.75, 3.05) is 13.1 Å². The molecule has 0 bridgehead atoms. The van der Waals surface area contributed by atoms with E-state index < -0.39 is 0 Å². The lowest BCUT2D eigenvalue weighted by atomic mass is 9.94. The van der Waals surface area contributed by atoms with Crippen LogP contribution in [0.2, 0.25) is 0 Å². The molecule has 1 atom stereocenters. The van der Waals surface area contributed by atoms with Crippen molar-refractivity contribution >= 4 is 5.91 Å². The standard InChI is InChI=1S/C16H21NO/c1-2-8-16(18)17-12-7-6-11-15(13-17)14-9-4-3-5-10-14/h2-5,8-10,15H,6-7,11-13H2,1H3. The number of allylic oxidation sites excluding steroid dienone is 1. The van der Waals surface area contributed by atoms with E-state index in [0.29, 0.717) is 5.92 Å². The first-order chi connectivity index (χ1) is 8.81. The molecule has 1 amide bonds. The van der Waals surface area contributed by atoms with Crippen LogP contribution in [0.4, 0.5) is 0 Å². The molecule has 0 radical (unpaired) electrons. The summed E-state index contributed by atoms with van der Waals surface area (Å²) < 4.78 is 0. The summed E-state index contributed by atoms with van der Waals surface area (Å²) in [6.45, 7) is 3.64. The van der Waals surface area contributed by atoms with E-state index in [1.54, 1.807) is 6.08 Å². The third kappa shape index (κ3) is 3.22. The molecule has 0 aromatic heterocycles. The Hall–Kier alpha value is -1.57. The molecule has 1 heterocycles. The second-order valence-corrected chi connectivity index (χ2v) is 4.89. The van der Waals surface area contributed by atoms with E-state index in [4.69, 9.17) is 0 Å². The van der Waals surface area contributed by atoms with E-state index in [0.717, 1.165) is 19.5 Å². The number of amides is 1. The molecule has 2 heteroatoms. The van der Waals surface area contributed by atoms with Crippen molar-refractivity contribution < 1.29 is 4.79 Å². The molecule has 0 N–H and O–H groups in total. The lowest BCUT2D eigenvalue weighted by Crippen LogP contribution is -2.32. The van der Waals surface area contributed by atoms with Gasteiger partial charge >= 0.3 is 0 Å². The average Bonchev–Trinajstić information content (AvgIpc) is 2.66. The van der Waals surface area contributed by atoms with Gasteiger partial charge in [0.25, 0.3) is 0 Å². The van der Waals surface area contributed by atoms with Crippen LogP contribution in [0.25, 0.3) is 0 Å². The average molecular weight is 243 g/mol. The van der Waals surface area contributed by atoms with Crippen LogP contribution in [-0.4, -0.2) is 23.9 Å². The zero-order valence-electron chi connectivity index (χ0n) is 11.0. The summed E-state index contributed by atoms with van der Waals surface area (Å²) in [6.07, 6.45) is 7.01. The summed E-state index contributed by atoms with van der Waals surface area (Å²) in [5.41, 5.74) is 1.36. The molecular formula is C16H21NO. The minimum absolute atomic E-state index is 0.153. The number of nitrogens with zero attached hydrogens (tertiary/aromatic N) is 1. The molecule has 2 nitrogen and oxygen atoms in total. The Morgan fingerprint density at radius 2 is 2.06 bits per heavy atom. The van der Waals surface area contributed by atoms with Gasteiger partial charge in [-0.1, -0.05) is 42.8 Å². The fourth-order valence-electron chi connectivity index (χ4n) is 2.59. The molecule has 1 unspecified atom stereocenters. The summed E-state index contributed by atoms with van der Waals surface area (Å²) in [4.78, 5) is 14.0. The van der Waals surface area contributed by atoms with Gasteiger partial charge in [0, 0.05) is 19.0 Å². The maximum Gasteiger partial charge on any atom is 0.246 e. The van der Waals surface area contributed by atoms with Gasteiger partial charge in [0.1, 0.15) is 0 Å². The summed E-state index contributed by atoms with van der Waals surface area (Å²) in [7, 11) is 0. The molecule has 2 rings (SSSR count). The predicted molar refractivity (Wildman–Crippen MR) is 74.4 cm³/mol. The van der Waals surface area contributed by atoms with Crippen LogP contribution >= 0.6 is 0 Å². The summed E-state index contributed by atoms with van der Waals surface area (Å²) in [6, 6.07) is 10.6. The van der Waals surface area contributed by atoms with E-state index >= 15 is 0 Å². The number of carbonyl (C=O) groups excluding carboxylic acids is 1. The molecule has 0 spiro atoms. The normalized spacial score (nSPS) is 20.9. The smallest absolute Gasteiger partial charge is 0.246 e. The lowest BCUT2D eigenvalue weighted by molar-refractivity contribution is -0.126. The predicted octanol–water partition coefficient (Wildman–Crippen LogP) is 3.36. The third-order valence-electron chi connectivity index (χ3n) is 3.56. The number of carbonyl (C=O) groups is 1. The molecule has 0 aliphatic carbocycles. The Kier molecular flexibility index (Phi) is 4.57. The van der Waals surface area contributed by atoms with Gasteiger partial charge < -0.3 is 4.90 Å². The number of hydrogen-bond acceptors (Lipinski definition) is 1. The first-order valence-electron chi connectivity index (χ1n) is 6.78. The van der Waals surface area contributed by atoms with E-state index in [1.165, 1.54) is 18.4 Å². The number of rotatable bonds is 2. The van der Waals surface area contributed by atoms with Crippen molar-refractivity contribution in [1.82, 2.24) is 4.90 Å². The molecule has 1 aromatic carbocycles. The van der Waals surface area contributed by atoms with Crippen molar-refractivity contribution in [3.05, 3.63) is 48.0 Å². The van der Waals surface area contributed by atoms with Crippen LogP contribution in [0, 0.1) is 0 Å². The van der Waals surface area contributed by atoms with Crippen molar-refractivity contribution in [2.24, 2.45) is 0 Å². The zero-order valence-corrected chi connectivity index (χ0v) is 11.0. The van der Waals surface area contributed by atoms with Gasteiger partial charge in [0.05, 0.1) is 0 Å². The highest BCUT2D eigenvalue weighted by atomic mass is 16.2. The van der Waals surface area contributed by atoms with Crippen LogP contribution in [0.3, 0.4) is 0 Å². The number of benzene rings is 1. The van der Waals surface area contributed by atoms with E-state index in [-0.39, 0.29) is 5.91 Å². The van der Waals surface area contributed by atoms with E-state index in [9.17, 15) is 4.79 Å². The molecular weight excluding hydrogens is 222 g/mol. The second kappa shape index (κ2) is 6.39. The molecule has 1 saturated heterocycles. The largest absolute Gasteiger partial charge is 0.339 e. The minimum Gasteiger partial charge on any atom is -0.339 e. The topological polar surface area (TPSA) is 20.3 Å².